The standard InChI is InChI=1S/C24H22ClF2N7O3/c1-12-22(23(28)35)13(2)33(31-12)21-8-20(18(27)9-29-21)37-17-10-32(11-17)24(36)34-19(3-4-30-34)14-5-15(25)7-16(26)6-14/h4-9,17,19H,3,10-11H2,1-2H3,(H2,28,35)/t19-/m0/s1. The lowest BCUT2D eigenvalue weighted by Gasteiger charge is -2.41. The monoisotopic (exact) mass is 529 g/mol. The molecule has 1 atom stereocenters. The number of primary amides is 1. The number of halogens is 3. The van der Waals surface area contributed by atoms with E-state index in [2.05, 4.69) is 15.2 Å². The van der Waals surface area contributed by atoms with Crippen molar-refractivity contribution in [2.45, 2.75) is 32.4 Å². The molecule has 5 rings (SSSR count). The highest BCUT2D eigenvalue weighted by Gasteiger charge is 2.39. The van der Waals surface area contributed by atoms with Gasteiger partial charge in [0.2, 0.25) is 0 Å². The molecule has 3 aromatic rings. The molecule has 10 nitrogen and oxygen atoms in total. The van der Waals surface area contributed by atoms with E-state index < -0.39 is 29.7 Å². The number of aryl methyl sites for hydroxylation is 1. The minimum Gasteiger partial charge on any atom is -0.483 e. The van der Waals surface area contributed by atoms with Gasteiger partial charge in [0, 0.05) is 23.7 Å². The smallest absolute Gasteiger partial charge is 0.341 e. The number of likely N-dealkylation sites (tertiary alicyclic amines) is 1. The van der Waals surface area contributed by atoms with E-state index in [4.69, 9.17) is 22.1 Å². The molecule has 4 heterocycles. The fourth-order valence-electron chi connectivity index (χ4n) is 4.47. The summed E-state index contributed by atoms with van der Waals surface area (Å²) in [6.07, 6.45) is 2.55. The summed E-state index contributed by atoms with van der Waals surface area (Å²) in [5.74, 6) is -1.62. The van der Waals surface area contributed by atoms with E-state index in [-0.39, 0.29) is 41.3 Å². The molecule has 0 bridgehead atoms. The van der Waals surface area contributed by atoms with Crippen LogP contribution in [-0.2, 0) is 0 Å². The van der Waals surface area contributed by atoms with Gasteiger partial charge in [0.25, 0.3) is 5.91 Å². The lowest BCUT2D eigenvalue weighted by Crippen LogP contribution is -2.58. The number of urea groups is 1. The second-order valence-corrected chi connectivity index (χ2v) is 9.26. The number of nitrogens with two attached hydrogens (primary N) is 1. The van der Waals surface area contributed by atoms with Crippen molar-refractivity contribution >= 4 is 29.8 Å². The fourth-order valence-corrected chi connectivity index (χ4v) is 4.70. The molecule has 37 heavy (non-hydrogen) atoms. The van der Waals surface area contributed by atoms with Crippen molar-refractivity contribution in [2.75, 3.05) is 13.1 Å². The van der Waals surface area contributed by atoms with Crippen molar-refractivity contribution in [3.8, 4) is 11.6 Å². The minimum absolute atomic E-state index is 0.0678. The zero-order valence-electron chi connectivity index (χ0n) is 19.9. The van der Waals surface area contributed by atoms with Crippen LogP contribution in [0.1, 0.15) is 39.8 Å². The van der Waals surface area contributed by atoms with E-state index in [1.165, 1.54) is 32.8 Å². The molecular weight excluding hydrogens is 508 g/mol. The van der Waals surface area contributed by atoms with Crippen LogP contribution in [0.4, 0.5) is 13.6 Å². The second kappa shape index (κ2) is 9.43. The normalized spacial score (nSPS) is 17.3. The summed E-state index contributed by atoms with van der Waals surface area (Å²) in [4.78, 5) is 30.3. The lowest BCUT2D eigenvalue weighted by atomic mass is 10.0. The number of carbonyl (C=O) groups excluding carboxylic acids is 2. The molecule has 1 saturated heterocycles. The number of rotatable bonds is 5. The Bertz CT molecular complexity index is 1420. The molecular formula is C24H22ClF2N7O3. The van der Waals surface area contributed by atoms with Crippen LogP contribution in [0, 0.1) is 25.5 Å². The van der Waals surface area contributed by atoms with Crippen molar-refractivity contribution < 1.29 is 23.1 Å². The SMILES string of the molecule is Cc1nn(-c2cc(OC3CN(C(=O)N4N=CC[C@H]4c4cc(F)cc(Cl)c4)C3)c(F)cn2)c(C)c1C(N)=O. The van der Waals surface area contributed by atoms with Gasteiger partial charge in [-0.05, 0) is 37.6 Å². The number of ether oxygens (including phenoxy) is 1. The molecule has 1 aromatic carbocycles. The molecule has 2 aliphatic heterocycles. The van der Waals surface area contributed by atoms with Crippen molar-refractivity contribution in [1.29, 1.82) is 0 Å². The Morgan fingerprint density at radius 1 is 1.16 bits per heavy atom. The average molecular weight is 530 g/mol. The van der Waals surface area contributed by atoms with Gasteiger partial charge in [-0.2, -0.15) is 10.2 Å². The summed E-state index contributed by atoms with van der Waals surface area (Å²) in [7, 11) is 0. The van der Waals surface area contributed by atoms with Gasteiger partial charge in [0.15, 0.2) is 17.4 Å². The van der Waals surface area contributed by atoms with Gasteiger partial charge in [-0.15, -0.1) is 0 Å². The molecule has 0 saturated carbocycles. The number of hydrogen-bond acceptors (Lipinski definition) is 6. The van der Waals surface area contributed by atoms with E-state index in [0.717, 1.165) is 6.20 Å². The number of hydrogen-bond donors (Lipinski definition) is 1. The van der Waals surface area contributed by atoms with E-state index in [1.54, 1.807) is 26.1 Å². The maximum absolute atomic E-state index is 14.5. The largest absolute Gasteiger partial charge is 0.483 e. The molecule has 2 N–H and O–H groups in total. The van der Waals surface area contributed by atoms with Gasteiger partial charge in [-0.1, -0.05) is 11.6 Å². The quantitative estimate of drug-likeness (QED) is 0.542. The first-order valence-corrected chi connectivity index (χ1v) is 11.8. The molecule has 3 amide bonds. The number of aromatic nitrogens is 3. The highest BCUT2D eigenvalue weighted by Crippen LogP contribution is 2.33. The molecule has 0 aliphatic carbocycles. The second-order valence-electron chi connectivity index (χ2n) is 8.82. The number of hydrazone groups is 1. The highest BCUT2D eigenvalue weighted by atomic mass is 35.5. The van der Waals surface area contributed by atoms with Crippen LogP contribution >= 0.6 is 11.6 Å². The summed E-state index contributed by atoms with van der Waals surface area (Å²) >= 11 is 5.98. The van der Waals surface area contributed by atoms with Crippen LogP contribution < -0.4 is 10.5 Å². The summed E-state index contributed by atoms with van der Waals surface area (Å²) < 4.78 is 35.5. The number of benzene rings is 1. The van der Waals surface area contributed by atoms with Crippen LogP contribution in [0.3, 0.4) is 0 Å². The lowest BCUT2D eigenvalue weighted by molar-refractivity contribution is 0.0256. The third-order valence-corrected chi connectivity index (χ3v) is 6.49. The predicted molar refractivity (Wildman–Crippen MR) is 130 cm³/mol. The Hall–Kier alpha value is -4.06. The summed E-state index contributed by atoms with van der Waals surface area (Å²) in [6.45, 7) is 3.70. The summed E-state index contributed by atoms with van der Waals surface area (Å²) in [6, 6.07) is 4.64. The first-order chi connectivity index (χ1) is 17.6. The molecule has 0 unspecified atom stereocenters. The minimum atomic E-state index is -0.683. The van der Waals surface area contributed by atoms with Crippen molar-refractivity contribution in [2.24, 2.45) is 10.8 Å². The summed E-state index contributed by atoms with van der Waals surface area (Å²) in [5, 5.41) is 9.95. The van der Waals surface area contributed by atoms with Gasteiger partial charge in [-0.3, -0.25) is 4.79 Å². The van der Waals surface area contributed by atoms with Crippen LogP contribution in [0.5, 0.6) is 5.75 Å². The van der Waals surface area contributed by atoms with Gasteiger partial charge >= 0.3 is 6.03 Å². The van der Waals surface area contributed by atoms with E-state index >= 15 is 0 Å². The van der Waals surface area contributed by atoms with Crippen LogP contribution in [-0.4, -0.2) is 62.0 Å². The highest BCUT2D eigenvalue weighted by molar-refractivity contribution is 6.30. The molecule has 0 radical (unpaired) electrons. The molecule has 1 fully saturated rings. The van der Waals surface area contributed by atoms with Gasteiger partial charge in [0.1, 0.15) is 11.9 Å². The zero-order valence-corrected chi connectivity index (χ0v) is 20.6. The third kappa shape index (κ3) is 4.59. The topological polar surface area (TPSA) is 119 Å². The molecule has 2 aromatic heterocycles. The van der Waals surface area contributed by atoms with E-state index in [1.807, 2.05) is 0 Å². The van der Waals surface area contributed by atoms with Gasteiger partial charge in [0.05, 0.1) is 42.3 Å². The first kappa shape index (κ1) is 24.6. The maximum atomic E-state index is 14.5. The molecule has 192 valence electrons. The summed E-state index contributed by atoms with van der Waals surface area (Å²) in [5.41, 5.74) is 7.13. The fraction of sp³-hybridized carbons (Fsp3) is 0.292. The van der Waals surface area contributed by atoms with Gasteiger partial charge < -0.3 is 15.4 Å². The number of pyridine rings is 1. The number of amides is 3. The Morgan fingerprint density at radius 3 is 2.59 bits per heavy atom. The Morgan fingerprint density at radius 2 is 1.92 bits per heavy atom. The Labute approximate surface area is 215 Å². The van der Waals surface area contributed by atoms with Crippen molar-refractivity contribution in [3.63, 3.8) is 0 Å². The third-order valence-electron chi connectivity index (χ3n) is 6.27. The molecule has 0 spiro atoms. The molecule has 2 aliphatic rings. The predicted octanol–water partition coefficient (Wildman–Crippen LogP) is 3.53. The molecule has 13 heteroatoms. The van der Waals surface area contributed by atoms with E-state index in [0.29, 0.717) is 23.4 Å². The zero-order chi connectivity index (χ0) is 26.4. The van der Waals surface area contributed by atoms with Crippen LogP contribution in [0.2, 0.25) is 5.02 Å². The van der Waals surface area contributed by atoms with Gasteiger partial charge in [-0.25, -0.2) is 28.3 Å². The average Bonchev–Trinajstić information content (AvgIpc) is 3.40. The van der Waals surface area contributed by atoms with E-state index in [9.17, 15) is 18.4 Å². The van der Waals surface area contributed by atoms with Crippen molar-refractivity contribution in [3.05, 3.63) is 69.6 Å². The van der Waals surface area contributed by atoms with Crippen LogP contribution in [0.15, 0.2) is 35.6 Å². The number of nitrogens with zero attached hydrogens (tertiary/aromatic N) is 6. The van der Waals surface area contributed by atoms with Crippen molar-refractivity contribution in [1.82, 2.24) is 24.7 Å². The maximum Gasteiger partial charge on any atom is 0.341 e. The Balaban J connectivity index is 1.26. The van der Waals surface area contributed by atoms with Crippen LogP contribution in [0.25, 0.3) is 5.82 Å². The Kier molecular flexibility index (Phi) is 6.28. The number of carbonyl (C=O) groups is 2. The first-order valence-electron chi connectivity index (χ1n) is 11.4.